The lowest BCUT2D eigenvalue weighted by atomic mass is 9.97. The van der Waals surface area contributed by atoms with Crippen LogP contribution in [0.5, 0.6) is 0 Å². The smallest absolute Gasteiger partial charge is 0.243 e. The zero-order valence-electron chi connectivity index (χ0n) is 19.6. The Morgan fingerprint density at radius 1 is 1.15 bits per heavy atom. The minimum absolute atomic E-state index is 0.0520. The minimum Gasteiger partial charge on any atom is -0.326 e. The summed E-state index contributed by atoms with van der Waals surface area (Å²) in [6.07, 6.45) is 1.88. The van der Waals surface area contributed by atoms with Crippen LogP contribution in [0.2, 0.25) is 0 Å². The number of nitrogens with one attached hydrogen (secondary N) is 1. The van der Waals surface area contributed by atoms with E-state index in [2.05, 4.69) is 29.5 Å². The van der Waals surface area contributed by atoms with Crippen molar-refractivity contribution in [3.63, 3.8) is 0 Å². The Hall–Kier alpha value is -2.78. The van der Waals surface area contributed by atoms with E-state index in [1.54, 1.807) is 18.2 Å². The van der Waals surface area contributed by atoms with Crippen molar-refractivity contribution in [3.8, 4) is 0 Å². The highest BCUT2D eigenvalue weighted by atomic mass is 32.2. The lowest BCUT2D eigenvalue weighted by molar-refractivity contribution is -0.120. The van der Waals surface area contributed by atoms with Gasteiger partial charge in [0.05, 0.1) is 16.5 Å². The molecule has 1 N–H and O–H groups in total. The quantitative estimate of drug-likeness (QED) is 0.587. The summed E-state index contributed by atoms with van der Waals surface area (Å²) in [5.74, 6) is -0.266. The van der Waals surface area contributed by atoms with Gasteiger partial charge in [-0.3, -0.25) is 4.79 Å². The number of piperidine rings is 1. The van der Waals surface area contributed by atoms with Crippen LogP contribution < -0.4 is 5.32 Å². The Balaban J connectivity index is 1.44. The van der Waals surface area contributed by atoms with Gasteiger partial charge in [-0.1, -0.05) is 24.3 Å². The summed E-state index contributed by atoms with van der Waals surface area (Å²) in [5.41, 5.74) is 4.30. The zero-order valence-corrected chi connectivity index (χ0v) is 20.4. The number of rotatable bonds is 6. The van der Waals surface area contributed by atoms with Crippen LogP contribution in [-0.2, 0) is 14.8 Å². The first-order valence-corrected chi connectivity index (χ1v) is 12.9. The van der Waals surface area contributed by atoms with Gasteiger partial charge in [-0.2, -0.15) is 4.31 Å². The number of anilines is 1. The molecule has 0 aliphatic carbocycles. The fraction of sp³-hybridized carbons (Fsp3) is 0.458. The number of amides is 1. The van der Waals surface area contributed by atoms with Gasteiger partial charge in [-0.15, -0.1) is 5.10 Å². The van der Waals surface area contributed by atoms with Crippen molar-refractivity contribution < 1.29 is 13.2 Å². The van der Waals surface area contributed by atoms with E-state index in [0.717, 1.165) is 28.8 Å². The van der Waals surface area contributed by atoms with Crippen molar-refractivity contribution in [3.05, 3.63) is 47.5 Å². The third kappa shape index (κ3) is 4.65. The second-order valence-corrected chi connectivity index (χ2v) is 10.9. The number of carbonyl (C=O) groups excluding carboxylic acids is 1. The maximum Gasteiger partial charge on any atom is 0.243 e. The SMILES string of the molecule is CCC(C)n1nnc2cc(S(=O)(=O)N3CCC(C(=O)Nc4cc(C)ccc4C)CC3)ccc21. The summed E-state index contributed by atoms with van der Waals surface area (Å²) in [5, 5.41) is 11.4. The van der Waals surface area contributed by atoms with E-state index in [-0.39, 0.29) is 22.8 Å². The van der Waals surface area contributed by atoms with E-state index in [0.29, 0.717) is 31.4 Å². The Labute approximate surface area is 195 Å². The standard InChI is InChI=1S/C24H31N5O3S/c1-5-18(4)29-23-9-8-20(15-22(23)26-27-29)33(31,32)28-12-10-19(11-13-28)24(30)25-21-14-16(2)6-7-17(21)3/h6-9,14-15,18-19H,5,10-13H2,1-4H3,(H,25,30). The van der Waals surface area contributed by atoms with Gasteiger partial charge in [0.25, 0.3) is 0 Å². The Morgan fingerprint density at radius 2 is 1.88 bits per heavy atom. The molecule has 1 amide bonds. The van der Waals surface area contributed by atoms with Crippen LogP contribution in [0, 0.1) is 19.8 Å². The number of benzene rings is 2. The number of hydrogen-bond donors (Lipinski definition) is 1. The van der Waals surface area contributed by atoms with Crippen LogP contribution in [0.3, 0.4) is 0 Å². The predicted molar refractivity (Wildman–Crippen MR) is 129 cm³/mol. The van der Waals surface area contributed by atoms with E-state index in [9.17, 15) is 13.2 Å². The maximum atomic E-state index is 13.2. The molecule has 2 heterocycles. The molecule has 1 unspecified atom stereocenters. The average molecular weight is 470 g/mol. The Morgan fingerprint density at radius 3 is 2.58 bits per heavy atom. The topological polar surface area (TPSA) is 97.2 Å². The summed E-state index contributed by atoms with van der Waals surface area (Å²) in [7, 11) is -3.67. The van der Waals surface area contributed by atoms with Gasteiger partial charge in [-0.05, 0) is 75.4 Å². The molecule has 0 radical (unpaired) electrons. The minimum atomic E-state index is -3.67. The van der Waals surface area contributed by atoms with Crippen molar-refractivity contribution in [1.82, 2.24) is 19.3 Å². The predicted octanol–water partition coefficient (Wildman–Crippen LogP) is 4.06. The van der Waals surface area contributed by atoms with E-state index in [1.807, 2.05) is 36.7 Å². The molecule has 9 heteroatoms. The molecule has 1 atom stereocenters. The fourth-order valence-corrected chi connectivity index (χ4v) is 5.68. The van der Waals surface area contributed by atoms with E-state index in [4.69, 9.17) is 0 Å². The van der Waals surface area contributed by atoms with Gasteiger partial charge < -0.3 is 5.32 Å². The highest BCUT2D eigenvalue weighted by Crippen LogP contribution is 2.28. The van der Waals surface area contributed by atoms with Gasteiger partial charge in [0.15, 0.2) is 0 Å². The third-order valence-electron chi connectivity index (χ3n) is 6.56. The molecule has 0 bridgehead atoms. The van der Waals surface area contributed by atoms with Crippen molar-refractivity contribution in [1.29, 1.82) is 0 Å². The number of sulfonamides is 1. The highest BCUT2D eigenvalue weighted by Gasteiger charge is 2.32. The number of aromatic nitrogens is 3. The van der Waals surface area contributed by atoms with Crippen LogP contribution in [0.25, 0.3) is 11.0 Å². The normalized spacial score (nSPS) is 16.7. The zero-order chi connectivity index (χ0) is 23.8. The number of fused-ring (bicyclic) bond motifs is 1. The molecule has 2 aromatic carbocycles. The van der Waals surface area contributed by atoms with Gasteiger partial charge in [0, 0.05) is 24.7 Å². The first kappa shape index (κ1) is 23.4. The van der Waals surface area contributed by atoms with Gasteiger partial charge in [0.2, 0.25) is 15.9 Å². The first-order chi connectivity index (χ1) is 15.7. The van der Waals surface area contributed by atoms with Crippen molar-refractivity contribution >= 4 is 32.7 Å². The van der Waals surface area contributed by atoms with Crippen molar-refractivity contribution in [2.75, 3.05) is 18.4 Å². The van der Waals surface area contributed by atoms with E-state index in [1.165, 1.54) is 4.31 Å². The van der Waals surface area contributed by atoms with Crippen LogP contribution in [0.4, 0.5) is 5.69 Å². The number of nitrogens with zero attached hydrogens (tertiary/aromatic N) is 4. The number of carbonyl (C=O) groups is 1. The molecular formula is C24H31N5O3S. The maximum absolute atomic E-state index is 13.2. The molecule has 1 aliphatic rings. The van der Waals surface area contributed by atoms with Crippen LogP contribution >= 0.6 is 0 Å². The third-order valence-corrected chi connectivity index (χ3v) is 8.46. The van der Waals surface area contributed by atoms with Gasteiger partial charge in [-0.25, -0.2) is 13.1 Å². The Kier molecular flexibility index (Phi) is 6.54. The molecule has 1 fully saturated rings. The van der Waals surface area contributed by atoms with E-state index >= 15 is 0 Å². The largest absolute Gasteiger partial charge is 0.326 e. The molecule has 1 saturated heterocycles. The van der Waals surface area contributed by atoms with Gasteiger partial charge >= 0.3 is 0 Å². The number of aryl methyl sites for hydroxylation is 2. The van der Waals surface area contributed by atoms with Crippen molar-refractivity contribution in [2.24, 2.45) is 5.92 Å². The first-order valence-electron chi connectivity index (χ1n) is 11.4. The molecule has 1 aliphatic heterocycles. The molecule has 3 aromatic rings. The van der Waals surface area contributed by atoms with Crippen LogP contribution in [-0.4, -0.2) is 46.7 Å². The molecule has 0 spiro atoms. The summed E-state index contributed by atoms with van der Waals surface area (Å²) in [6.45, 7) is 8.70. The lowest BCUT2D eigenvalue weighted by Gasteiger charge is -2.30. The average Bonchev–Trinajstić information content (AvgIpc) is 3.24. The number of hydrogen-bond acceptors (Lipinski definition) is 5. The summed E-state index contributed by atoms with van der Waals surface area (Å²) in [6, 6.07) is 11.1. The molecule has 8 nitrogen and oxygen atoms in total. The van der Waals surface area contributed by atoms with E-state index < -0.39 is 10.0 Å². The second-order valence-electron chi connectivity index (χ2n) is 8.93. The van der Waals surface area contributed by atoms with Gasteiger partial charge in [0.1, 0.15) is 5.52 Å². The molecule has 1 aromatic heterocycles. The highest BCUT2D eigenvalue weighted by molar-refractivity contribution is 7.89. The summed E-state index contributed by atoms with van der Waals surface area (Å²) < 4.78 is 29.8. The fourth-order valence-electron chi connectivity index (χ4n) is 4.19. The molecule has 4 rings (SSSR count). The second kappa shape index (κ2) is 9.23. The van der Waals surface area contributed by atoms with Crippen LogP contribution in [0.15, 0.2) is 41.3 Å². The van der Waals surface area contributed by atoms with Crippen molar-refractivity contribution in [2.45, 2.75) is 57.9 Å². The summed E-state index contributed by atoms with van der Waals surface area (Å²) >= 11 is 0. The molecular weight excluding hydrogens is 438 g/mol. The summed E-state index contributed by atoms with van der Waals surface area (Å²) in [4.78, 5) is 13.0. The molecule has 0 saturated carbocycles. The monoisotopic (exact) mass is 469 g/mol. The Bertz CT molecular complexity index is 1280. The lowest BCUT2D eigenvalue weighted by Crippen LogP contribution is -2.41. The molecule has 176 valence electrons. The van der Waals surface area contributed by atoms with Crippen LogP contribution in [0.1, 0.15) is 50.3 Å². The molecule has 33 heavy (non-hydrogen) atoms.